The highest BCUT2D eigenvalue weighted by molar-refractivity contribution is 6.05. The second-order valence-electron chi connectivity index (χ2n) is 6.19. The van der Waals surface area contributed by atoms with E-state index in [0.29, 0.717) is 0 Å². The number of fused-ring (bicyclic) bond motifs is 3. The standard InChI is InChI=1S/C19H21NO/c1-2-6-14(7-3-1)13-20-15-10-11-19-17(12-15)16-8-4-5-9-18(16)21-19/h4-5,8-12,14,20H,1-3,6-7,13H2. The van der Waals surface area contributed by atoms with Gasteiger partial charge in [0.1, 0.15) is 11.2 Å². The SMILES string of the molecule is c1ccc2c(c1)oc1ccc(NCC3CCCCC3)cc12. The summed E-state index contributed by atoms with van der Waals surface area (Å²) in [5, 5.41) is 6.03. The maximum absolute atomic E-state index is 5.87. The number of hydrogen-bond donors (Lipinski definition) is 1. The van der Waals surface area contributed by atoms with Gasteiger partial charge in [-0.1, -0.05) is 37.5 Å². The first-order valence-corrected chi connectivity index (χ1v) is 8.05. The maximum Gasteiger partial charge on any atom is 0.135 e. The lowest BCUT2D eigenvalue weighted by Gasteiger charge is -2.22. The van der Waals surface area contributed by atoms with E-state index >= 15 is 0 Å². The predicted molar refractivity (Wildman–Crippen MR) is 88.8 cm³/mol. The molecule has 0 spiro atoms. The molecule has 0 bridgehead atoms. The lowest BCUT2D eigenvalue weighted by molar-refractivity contribution is 0.373. The van der Waals surface area contributed by atoms with E-state index in [0.717, 1.165) is 23.6 Å². The average Bonchev–Trinajstić information content (AvgIpc) is 2.92. The highest BCUT2D eigenvalue weighted by atomic mass is 16.3. The van der Waals surface area contributed by atoms with Crippen LogP contribution in [0.1, 0.15) is 32.1 Å². The number of rotatable bonds is 3. The van der Waals surface area contributed by atoms with Crippen molar-refractivity contribution in [1.82, 2.24) is 0 Å². The molecule has 0 radical (unpaired) electrons. The molecule has 0 saturated heterocycles. The van der Waals surface area contributed by atoms with Gasteiger partial charge in [0.05, 0.1) is 0 Å². The van der Waals surface area contributed by atoms with Gasteiger partial charge in [-0.3, -0.25) is 0 Å². The zero-order valence-corrected chi connectivity index (χ0v) is 12.3. The second-order valence-corrected chi connectivity index (χ2v) is 6.19. The van der Waals surface area contributed by atoms with Crippen molar-refractivity contribution in [3.05, 3.63) is 42.5 Å². The Balaban J connectivity index is 1.59. The van der Waals surface area contributed by atoms with Crippen LogP contribution in [0.5, 0.6) is 0 Å². The molecule has 108 valence electrons. The molecule has 1 heterocycles. The van der Waals surface area contributed by atoms with Gasteiger partial charge in [-0.25, -0.2) is 0 Å². The minimum atomic E-state index is 0.843. The van der Waals surface area contributed by atoms with E-state index in [1.165, 1.54) is 48.6 Å². The van der Waals surface area contributed by atoms with Crippen LogP contribution < -0.4 is 5.32 Å². The fourth-order valence-electron chi connectivity index (χ4n) is 3.49. The van der Waals surface area contributed by atoms with Crippen LogP contribution in [0.25, 0.3) is 21.9 Å². The first-order chi connectivity index (χ1) is 10.4. The fraction of sp³-hybridized carbons (Fsp3) is 0.368. The Morgan fingerprint density at radius 2 is 1.71 bits per heavy atom. The van der Waals surface area contributed by atoms with E-state index in [2.05, 4.69) is 35.6 Å². The molecule has 4 rings (SSSR count). The number of hydrogen-bond acceptors (Lipinski definition) is 2. The largest absolute Gasteiger partial charge is 0.456 e. The normalized spacial score (nSPS) is 16.6. The van der Waals surface area contributed by atoms with E-state index < -0.39 is 0 Å². The molecule has 1 saturated carbocycles. The van der Waals surface area contributed by atoms with Crippen molar-refractivity contribution in [3.63, 3.8) is 0 Å². The van der Waals surface area contributed by atoms with Gasteiger partial charge in [-0.2, -0.15) is 0 Å². The molecule has 0 atom stereocenters. The van der Waals surface area contributed by atoms with Crippen LogP contribution in [0.15, 0.2) is 46.9 Å². The number of anilines is 1. The summed E-state index contributed by atoms with van der Waals surface area (Å²) < 4.78 is 5.87. The van der Waals surface area contributed by atoms with Gasteiger partial charge in [-0.15, -0.1) is 0 Å². The summed E-state index contributed by atoms with van der Waals surface area (Å²) in [4.78, 5) is 0. The third kappa shape index (κ3) is 2.51. The maximum atomic E-state index is 5.87. The van der Waals surface area contributed by atoms with Crippen LogP contribution >= 0.6 is 0 Å². The molecule has 3 aromatic rings. The molecule has 2 nitrogen and oxygen atoms in total. The topological polar surface area (TPSA) is 25.2 Å². The molecule has 0 unspecified atom stereocenters. The van der Waals surface area contributed by atoms with E-state index in [-0.39, 0.29) is 0 Å². The summed E-state index contributed by atoms with van der Waals surface area (Å²) in [5.41, 5.74) is 3.15. The molecule has 2 aromatic carbocycles. The van der Waals surface area contributed by atoms with Crippen LogP contribution in [-0.2, 0) is 0 Å². The Morgan fingerprint density at radius 1 is 0.905 bits per heavy atom. The molecule has 1 N–H and O–H groups in total. The molecule has 0 amide bonds. The second kappa shape index (κ2) is 5.44. The van der Waals surface area contributed by atoms with Crippen molar-refractivity contribution >= 4 is 27.6 Å². The summed E-state index contributed by atoms with van der Waals surface area (Å²) in [5.74, 6) is 0.843. The smallest absolute Gasteiger partial charge is 0.135 e. The van der Waals surface area contributed by atoms with Crippen molar-refractivity contribution in [2.45, 2.75) is 32.1 Å². The average molecular weight is 279 g/mol. The van der Waals surface area contributed by atoms with Crippen LogP contribution in [0.4, 0.5) is 5.69 Å². The molecule has 1 aliphatic carbocycles. The van der Waals surface area contributed by atoms with E-state index in [1.807, 2.05) is 12.1 Å². The highest BCUT2D eigenvalue weighted by Crippen LogP contribution is 2.31. The third-order valence-corrected chi connectivity index (χ3v) is 4.70. The first-order valence-electron chi connectivity index (χ1n) is 8.05. The minimum Gasteiger partial charge on any atom is -0.456 e. The zero-order valence-electron chi connectivity index (χ0n) is 12.3. The van der Waals surface area contributed by atoms with E-state index in [4.69, 9.17) is 4.42 Å². The highest BCUT2D eigenvalue weighted by Gasteiger charge is 2.13. The zero-order chi connectivity index (χ0) is 14.1. The predicted octanol–water partition coefficient (Wildman–Crippen LogP) is 5.58. The summed E-state index contributed by atoms with van der Waals surface area (Å²) in [6.07, 6.45) is 6.98. The van der Waals surface area contributed by atoms with Crippen molar-refractivity contribution < 1.29 is 4.42 Å². The molecule has 1 aromatic heterocycles. The Hall–Kier alpha value is -1.96. The molecule has 1 fully saturated rings. The number of benzene rings is 2. The fourth-order valence-corrected chi connectivity index (χ4v) is 3.49. The van der Waals surface area contributed by atoms with Crippen LogP contribution in [0.2, 0.25) is 0 Å². The van der Waals surface area contributed by atoms with Crippen LogP contribution in [0, 0.1) is 5.92 Å². The summed E-state index contributed by atoms with van der Waals surface area (Å²) in [6, 6.07) is 14.7. The Bertz CT molecular complexity index is 752. The Morgan fingerprint density at radius 3 is 2.62 bits per heavy atom. The molecular weight excluding hydrogens is 258 g/mol. The first kappa shape index (κ1) is 12.8. The van der Waals surface area contributed by atoms with Crippen molar-refractivity contribution in [3.8, 4) is 0 Å². The van der Waals surface area contributed by atoms with Gasteiger partial charge >= 0.3 is 0 Å². The number of furan rings is 1. The number of para-hydroxylation sites is 1. The van der Waals surface area contributed by atoms with Gasteiger partial charge in [0.15, 0.2) is 0 Å². The lowest BCUT2D eigenvalue weighted by atomic mass is 9.89. The van der Waals surface area contributed by atoms with Gasteiger partial charge in [0.2, 0.25) is 0 Å². The molecule has 21 heavy (non-hydrogen) atoms. The van der Waals surface area contributed by atoms with E-state index in [9.17, 15) is 0 Å². The monoisotopic (exact) mass is 279 g/mol. The Kier molecular flexibility index (Phi) is 3.30. The minimum absolute atomic E-state index is 0.843. The molecule has 2 heteroatoms. The molecular formula is C19H21NO. The third-order valence-electron chi connectivity index (χ3n) is 4.70. The van der Waals surface area contributed by atoms with Crippen molar-refractivity contribution in [1.29, 1.82) is 0 Å². The van der Waals surface area contributed by atoms with Crippen molar-refractivity contribution in [2.24, 2.45) is 5.92 Å². The van der Waals surface area contributed by atoms with Gasteiger partial charge in [-0.05, 0) is 43.0 Å². The Labute approximate surface area is 125 Å². The van der Waals surface area contributed by atoms with Gasteiger partial charge in [0, 0.05) is 23.0 Å². The molecule has 0 aliphatic heterocycles. The lowest BCUT2D eigenvalue weighted by Crippen LogP contribution is -2.16. The summed E-state index contributed by atoms with van der Waals surface area (Å²) >= 11 is 0. The quantitative estimate of drug-likeness (QED) is 0.677. The van der Waals surface area contributed by atoms with E-state index in [1.54, 1.807) is 0 Å². The number of nitrogens with one attached hydrogen (secondary N) is 1. The summed E-state index contributed by atoms with van der Waals surface area (Å²) in [6.45, 7) is 1.10. The van der Waals surface area contributed by atoms with Gasteiger partial charge < -0.3 is 9.73 Å². The van der Waals surface area contributed by atoms with Gasteiger partial charge in [0.25, 0.3) is 0 Å². The summed E-state index contributed by atoms with van der Waals surface area (Å²) in [7, 11) is 0. The van der Waals surface area contributed by atoms with Crippen LogP contribution in [-0.4, -0.2) is 6.54 Å². The molecule has 1 aliphatic rings. The van der Waals surface area contributed by atoms with Crippen LogP contribution in [0.3, 0.4) is 0 Å². The van der Waals surface area contributed by atoms with Crippen molar-refractivity contribution in [2.75, 3.05) is 11.9 Å².